The lowest BCUT2D eigenvalue weighted by atomic mass is 10.1. The molecule has 0 bridgehead atoms. The van der Waals surface area contributed by atoms with Crippen LogP contribution in [0.25, 0.3) is 10.9 Å². The molecule has 2 aromatic carbocycles. The van der Waals surface area contributed by atoms with E-state index in [1.807, 2.05) is 41.8 Å². The molecular formula is C21H25N3O2. The predicted octanol–water partition coefficient (Wildman–Crippen LogP) is 3.29. The normalized spacial score (nSPS) is 12.3. The van der Waals surface area contributed by atoms with E-state index in [1.54, 1.807) is 7.11 Å². The summed E-state index contributed by atoms with van der Waals surface area (Å²) in [5.41, 5.74) is 9.93. The van der Waals surface area contributed by atoms with Crippen LogP contribution in [0, 0.1) is 6.92 Å². The number of carbonyl (C=O) groups excluding carboxylic acids is 1. The lowest BCUT2D eigenvalue weighted by Crippen LogP contribution is -2.20. The van der Waals surface area contributed by atoms with Gasteiger partial charge in [0.1, 0.15) is 12.3 Å². The zero-order valence-corrected chi connectivity index (χ0v) is 15.5. The Kier molecular flexibility index (Phi) is 5.28. The molecule has 1 atom stereocenters. The van der Waals surface area contributed by atoms with E-state index in [-0.39, 0.29) is 18.5 Å². The van der Waals surface area contributed by atoms with Crippen molar-refractivity contribution in [2.24, 2.45) is 5.73 Å². The number of hydrogen-bond donors (Lipinski definition) is 2. The lowest BCUT2D eigenvalue weighted by Gasteiger charge is -2.15. The van der Waals surface area contributed by atoms with E-state index in [2.05, 4.69) is 30.4 Å². The number of nitrogens with two attached hydrogens (primary N) is 1. The first-order valence-electron chi connectivity index (χ1n) is 8.73. The largest absolute Gasteiger partial charge is 0.497 e. The second-order valence-corrected chi connectivity index (χ2v) is 6.51. The SMILES string of the molecule is COc1ccc([C@@H](C)NCc2c(C)n(CC(N)=O)c3ccccc23)cc1. The highest BCUT2D eigenvalue weighted by Crippen LogP contribution is 2.26. The molecule has 0 aliphatic carbocycles. The third-order valence-corrected chi connectivity index (χ3v) is 4.88. The van der Waals surface area contributed by atoms with Gasteiger partial charge in [-0.25, -0.2) is 0 Å². The summed E-state index contributed by atoms with van der Waals surface area (Å²) < 4.78 is 7.21. The summed E-state index contributed by atoms with van der Waals surface area (Å²) in [6, 6.07) is 16.4. The number of nitrogens with one attached hydrogen (secondary N) is 1. The molecule has 3 N–H and O–H groups in total. The monoisotopic (exact) mass is 351 g/mol. The van der Waals surface area contributed by atoms with E-state index in [9.17, 15) is 4.79 Å². The number of rotatable bonds is 7. The van der Waals surface area contributed by atoms with Gasteiger partial charge in [-0.1, -0.05) is 30.3 Å². The minimum atomic E-state index is -0.333. The molecule has 1 heterocycles. The number of nitrogens with zero attached hydrogens (tertiary/aromatic N) is 1. The van der Waals surface area contributed by atoms with Crippen molar-refractivity contribution in [1.29, 1.82) is 0 Å². The lowest BCUT2D eigenvalue weighted by molar-refractivity contribution is -0.118. The number of aromatic nitrogens is 1. The molecule has 5 nitrogen and oxygen atoms in total. The van der Waals surface area contributed by atoms with Crippen LogP contribution in [0.5, 0.6) is 5.75 Å². The Morgan fingerprint density at radius 3 is 2.54 bits per heavy atom. The van der Waals surface area contributed by atoms with Crippen molar-refractivity contribution in [3.63, 3.8) is 0 Å². The second-order valence-electron chi connectivity index (χ2n) is 6.51. The molecule has 1 amide bonds. The fourth-order valence-electron chi connectivity index (χ4n) is 3.35. The third kappa shape index (κ3) is 3.58. The number of ether oxygens (including phenoxy) is 1. The summed E-state index contributed by atoms with van der Waals surface area (Å²) in [5.74, 6) is 0.520. The molecule has 0 radical (unpaired) electrons. The van der Waals surface area contributed by atoms with Crippen molar-refractivity contribution < 1.29 is 9.53 Å². The zero-order chi connectivity index (χ0) is 18.7. The van der Waals surface area contributed by atoms with E-state index in [1.165, 1.54) is 11.1 Å². The third-order valence-electron chi connectivity index (χ3n) is 4.88. The van der Waals surface area contributed by atoms with Crippen molar-refractivity contribution in [2.45, 2.75) is 33.0 Å². The summed E-state index contributed by atoms with van der Waals surface area (Å²) in [4.78, 5) is 11.5. The topological polar surface area (TPSA) is 69.3 Å². The Morgan fingerprint density at radius 1 is 1.19 bits per heavy atom. The summed E-state index contributed by atoms with van der Waals surface area (Å²) >= 11 is 0. The van der Waals surface area contributed by atoms with Gasteiger partial charge in [0, 0.05) is 29.2 Å². The number of para-hydroxylation sites is 1. The maximum absolute atomic E-state index is 11.5. The van der Waals surface area contributed by atoms with Crippen LogP contribution in [0.2, 0.25) is 0 Å². The van der Waals surface area contributed by atoms with Gasteiger partial charge in [-0.3, -0.25) is 4.79 Å². The molecule has 0 aliphatic heterocycles. The standard InChI is InChI=1S/C21H25N3O2/c1-14(16-8-10-17(26-3)11-9-16)23-12-19-15(2)24(13-21(22)25)20-7-5-4-6-18(19)20/h4-11,14,23H,12-13H2,1-3H3,(H2,22,25)/t14-/m1/s1. The first-order chi connectivity index (χ1) is 12.5. The molecule has 5 heteroatoms. The fourth-order valence-corrected chi connectivity index (χ4v) is 3.35. The molecule has 0 spiro atoms. The van der Waals surface area contributed by atoms with Gasteiger partial charge in [-0.05, 0) is 43.2 Å². The second kappa shape index (κ2) is 7.62. The van der Waals surface area contributed by atoms with Crippen LogP contribution >= 0.6 is 0 Å². The zero-order valence-electron chi connectivity index (χ0n) is 15.5. The van der Waals surface area contributed by atoms with E-state index in [4.69, 9.17) is 10.5 Å². The van der Waals surface area contributed by atoms with Crippen molar-refractivity contribution in [1.82, 2.24) is 9.88 Å². The van der Waals surface area contributed by atoms with Crippen LogP contribution in [0.4, 0.5) is 0 Å². The van der Waals surface area contributed by atoms with Crippen molar-refractivity contribution in [3.8, 4) is 5.75 Å². The Hall–Kier alpha value is -2.79. The number of amides is 1. The predicted molar refractivity (Wildman–Crippen MR) is 104 cm³/mol. The Balaban J connectivity index is 1.84. The summed E-state index contributed by atoms with van der Waals surface area (Å²) in [7, 11) is 1.67. The van der Waals surface area contributed by atoms with Gasteiger partial charge < -0.3 is 20.4 Å². The van der Waals surface area contributed by atoms with Crippen LogP contribution in [-0.2, 0) is 17.9 Å². The number of carbonyl (C=O) groups is 1. The summed E-state index contributed by atoms with van der Waals surface area (Å²) in [6.45, 7) is 5.09. The highest BCUT2D eigenvalue weighted by Gasteiger charge is 2.15. The molecule has 136 valence electrons. The summed E-state index contributed by atoms with van der Waals surface area (Å²) in [5, 5.41) is 4.74. The molecule has 3 aromatic rings. The molecule has 0 unspecified atom stereocenters. The average molecular weight is 351 g/mol. The quantitative estimate of drug-likeness (QED) is 0.686. The maximum Gasteiger partial charge on any atom is 0.237 e. The molecule has 0 saturated heterocycles. The van der Waals surface area contributed by atoms with Gasteiger partial charge >= 0.3 is 0 Å². The van der Waals surface area contributed by atoms with Crippen molar-refractivity contribution in [3.05, 3.63) is 65.4 Å². The van der Waals surface area contributed by atoms with Crippen LogP contribution in [-0.4, -0.2) is 17.6 Å². The molecule has 3 rings (SSSR count). The van der Waals surface area contributed by atoms with Gasteiger partial charge in [-0.2, -0.15) is 0 Å². The van der Waals surface area contributed by atoms with E-state index >= 15 is 0 Å². The van der Waals surface area contributed by atoms with Gasteiger partial charge in [0.25, 0.3) is 0 Å². The Bertz CT molecular complexity index is 913. The Morgan fingerprint density at radius 2 is 1.88 bits per heavy atom. The fraction of sp³-hybridized carbons (Fsp3) is 0.286. The maximum atomic E-state index is 11.5. The highest BCUT2D eigenvalue weighted by molar-refractivity contribution is 5.87. The molecule has 1 aromatic heterocycles. The minimum absolute atomic E-state index is 0.193. The van der Waals surface area contributed by atoms with E-state index < -0.39 is 0 Å². The smallest absolute Gasteiger partial charge is 0.237 e. The first kappa shape index (κ1) is 18.0. The van der Waals surface area contributed by atoms with Crippen LogP contribution in [0.3, 0.4) is 0 Å². The number of primary amides is 1. The molecule has 0 aliphatic rings. The average Bonchev–Trinajstić information content (AvgIpc) is 2.91. The molecular weight excluding hydrogens is 326 g/mol. The minimum Gasteiger partial charge on any atom is -0.497 e. The van der Waals surface area contributed by atoms with Crippen LogP contribution in [0.1, 0.15) is 29.8 Å². The highest BCUT2D eigenvalue weighted by atomic mass is 16.5. The van der Waals surface area contributed by atoms with Crippen molar-refractivity contribution in [2.75, 3.05) is 7.11 Å². The number of hydrogen-bond acceptors (Lipinski definition) is 3. The first-order valence-corrected chi connectivity index (χ1v) is 8.73. The molecule has 0 saturated carbocycles. The number of methoxy groups -OCH3 is 1. The Labute approximate surface area is 153 Å². The number of benzene rings is 2. The number of fused-ring (bicyclic) bond motifs is 1. The van der Waals surface area contributed by atoms with Gasteiger partial charge in [0.05, 0.1) is 7.11 Å². The van der Waals surface area contributed by atoms with Gasteiger partial charge in [-0.15, -0.1) is 0 Å². The molecule has 26 heavy (non-hydrogen) atoms. The van der Waals surface area contributed by atoms with Crippen LogP contribution < -0.4 is 15.8 Å². The molecule has 0 fully saturated rings. The summed E-state index contributed by atoms with van der Waals surface area (Å²) in [6.07, 6.45) is 0. The van der Waals surface area contributed by atoms with Gasteiger partial charge in [0.15, 0.2) is 0 Å². The van der Waals surface area contributed by atoms with E-state index in [0.717, 1.165) is 22.3 Å². The van der Waals surface area contributed by atoms with E-state index in [0.29, 0.717) is 6.54 Å². The van der Waals surface area contributed by atoms with Crippen LogP contribution in [0.15, 0.2) is 48.5 Å². The van der Waals surface area contributed by atoms with Gasteiger partial charge in [0.2, 0.25) is 5.91 Å². The van der Waals surface area contributed by atoms with Crippen molar-refractivity contribution >= 4 is 16.8 Å².